The number of nitrogens with one attached hydrogen (secondary N) is 1. The Morgan fingerprint density at radius 3 is 1.50 bits per heavy atom. The van der Waals surface area contributed by atoms with Crippen molar-refractivity contribution in [2.45, 2.75) is 256 Å². The Balaban J connectivity index is 2.33. The molecule has 6 N–H and O–H groups in total. The van der Waals surface area contributed by atoms with Crippen molar-refractivity contribution in [3.05, 3.63) is 48.6 Å². The normalized spacial score (nSPS) is 20.9. The quantitative estimate of drug-likeness (QED) is 0.0263. The molecule has 7 unspecified atom stereocenters. The van der Waals surface area contributed by atoms with E-state index in [9.17, 15) is 30.3 Å². The summed E-state index contributed by atoms with van der Waals surface area (Å²) in [5, 5.41) is 54.1. The summed E-state index contributed by atoms with van der Waals surface area (Å²) in [6.07, 6.45) is 46.2. The molecule has 60 heavy (non-hydrogen) atoms. The van der Waals surface area contributed by atoms with Gasteiger partial charge in [0.2, 0.25) is 5.91 Å². The zero-order chi connectivity index (χ0) is 43.7. The number of allylic oxidation sites excluding steroid dienone is 7. The molecule has 0 radical (unpaired) electrons. The molecule has 7 atom stereocenters. The molecule has 0 spiro atoms. The van der Waals surface area contributed by atoms with E-state index in [1.807, 2.05) is 12.2 Å². The van der Waals surface area contributed by atoms with Crippen LogP contribution in [0.4, 0.5) is 0 Å². The number of rotatable bonds is 41. The molecule has 0 aromatic rings. The smallest absolute Gasteiger partial charge is 0.220 e. The summed E-state index contributed by atoms with van der Waals surface area (Å²) in [6, 6.07) is -0.852. The summed E-state index contributed by atoms with van der Waals surface area (Å²) < 4.78 is 11.2. The van der Waals surface area contributed by atoms with E-state index in [4.69, 9.17) is 9.47 Å². The van der Waals surface area contributed by atoms with Gasteiger partial charge in [-0.3, -0.25) is 4.79 Å². The number of carbonyl (C=O) groups excluding carboxylic acids is 1. The van der Waals surface area contributed by atoms with Crippen LogP contribution in [0.1, 0.15) is 213 Å². The summed E-state index contributed by atoms with van der Waals surface area (Å²) in [5.74, 6) is -0.254. The van der Waals surface area contributed by atoms with E-state index in [0.717, 1.165) is 32.1 Å². The summed E-state index contributed by atoms with van der Waals surface area (Å²) in [5.41, 5.74) is 0. The van der Waals surface area contributed by atoms with Crippen molar-refractivity contribution in [3.8, 4) is 0 Å². The lowest BCUT2D eigenvalue weighted by molar-refractivity contribution is -0.302. The highest BCUT2D eigenvalue weighted by Gasteiger charge is 2.44. The number of ether oxygens (including phenoxy) is 2. The molecule has 1 fully saturated rings. The van der Waals surface area contributed by atoms with Crippen molar-refractivity contribution in [2.75, 3.05) is 13.2 Å². The molecule has 1 saturated heterocycles. The maximum absolute atomic E-state index is 12.9. The molecule has 0 aromatic heterocycles. The van der Waals surface area contributed by atoms with Crippen LogP contribution in [-0.2, 0) is 14.3 Å². The fraction of sp³-hybridized carbons (Fsp3) is 0.824. The first-order chi connectivity index (χ1) is 29.3. The molecular weight excluding hydrogens is 755 g/mol. The molecule has 350 valence electrons. The van der Waals surface area contributed by atoms with E-state index >= 15 is 0 Å². The van der Waals surface area contributed by atoms with Crippen LogP contribution in [0.25, 0.3) is 0 Å². The van der Waals surface area contributed by atoms with Crippen molar-refractivity contribution in [1.29, 1.82) is 0 Å². The van der Waals surface area contributed by atoms with E-state index in [2.05, 4.69) is 49.5 Å². The minimum absolute atomic E-state index is 0.224. The SMILES string of the molecule is CCCCCCCC/C=C\C/C=C\CCC(=O)NC(COC1OC(CO)C(O)C(O)C1O)C(O)/C=C/CC/C=C/CCCCCCCCCCCCCCCCCCCC. The Morgan fingerprint density at radius 2 is 1.00 bits per heavy atom. The predicted octanol–water partition coefficient (Wildman–Crippen LogP) is 11.0. The second kappa shape index (κ2) is 41.2. The number of hydrogen-bond acceptors (Lipinski definition) is 8. The summed E-state index contributed by atoms with van der Waals surface area (Å²) in [6.45, 7) is 3.72. The molecule has 1 heterocycles. The highest BCUT2D eigenvalue weighted by molar-refractivity contribution is 5.76. The Labute approximate surface area is 367 Å². The van der Waals surface area contributed by atoms with Crippen LogP contribution >= 0.6 is 0 Å². The minimum atomic E-state index is -1.58. The zero-order valence-electron chi connectivity index (χ0n) is 38.5. The third-order valence-electron chi connectivity index (χ3n) is 11.6. The second-order valence-electron chi connectivity index (χ2n) is 17.2. The summed E-state index contributed by atoms with van der Waals surface area (Å²) in [4.78, 5) is 12.9. The molecule has 9 heteroatoms. The van der Waals surface area contributed by atoms with Crippen LogP contribution in [-0.4, -0.2) is 87.5 Å². The molecule has 0 saturated carbocycles. The molecule has 9 nitrogen and oxygen atoms in total. The van der Waals surface area contributed by atoms with E-state index in [-0.39, 0.29) is 18.9 Å². The van der Waals surface area contributed by atoms with Crippen molar-refractivity contribution in [3.63, 3.8) is 0 Å². The van der Waals surface area contributed by atoms with Gasteiger partial charge in [-0.2, -0.15) is 0 Å². The van der Waals surface area contributed by atoms with Gasteiger partial charge >= 0.3 is 0 Å². The van der Waals surface area contributed by atoms with E-state index in [0.29, 0.717) is 6.42 Å². The van der Waals surface area contributed by atoms with Gasteiger partial charge in [0.15, 0.2) is 6.29 Å². The van der Waals surface area contributed by atoms with Gasteiger partial charge in [-0.05, 0) is 51.4 Å². The van der Waals surface area contributed by atoms with Crippen LogP contribution < -0.4 is 5.32 Å². The van der Waals surface area contributed by atoms with Crippen molar-refractivity contribution in [1.82, 2.24) is 5.32 Å². The van der Waals surface area contributed by atoms with Gasteiger partial charge in [-0.25, -0.2) is 0 Å². The standard InChI is InChI=1S/C51H93NO8/c1-3-5-7-9-11-13-15-17-18-19-20-21-22-23-24-25-26-27-29-30-32-34-36-38-40-45(54)44(43-59-51-50(58)49(57)48(56)46(42-53)60-51)52-47(55)41-39-37-35-33-31-28-16-14-12-10-8-6-4-2/h28,30-32,35,37-38,40,44-46,48-51,53-54,56-58H,3-27,29,33-34,36,39,41-43H2,1-2H3,(H,52,55)/b31-28-,32-30+,37-35-,40-38+. The number of aliphatic hydroxyl groups is 5. The Hall–Kier alpha value is -1.85. The molecular formula is C51H93NO8. The maximum atomic E-state index is 12.9. The predicted molar refractivity (Wildman–Crippen MR) is 249 cm³/mol. The molecule has 1 rings (SSSR count). The van der Waals surface area contributed by atoms with Crippen LogP contribution in [0.3, 0.4) is 0 Å². The summed E-state index contributed by atoms with van der Waals surface area (Å²) in [7, 11) is 0. The Bertz CT molecular complexity index is 1080. The second-order valence-corrected chi connectivity index (χ2v) is 17.2. The van der Waals surface area contributed by atoms with Gasteiger partial charge in [-0.15, -0.1) is 0 Å². The van der Waals surface area contributed by atoms with Crippen LogP contribution in [0.2, 0.25) is 0 Å². The first-order valence-electron chi connectivity index (χ1n) is 24.9. The first kappa shape index (κ1) is 56.2. The number of amides is 1. The number of hydrogen-bond donors (Lipinski definition) is 6. The number of aliphatic hydroxyl groups excluding tert-OH is 5. The lowest BCUT2D eigenvalue weighted by atomic mass is 9.99. The van der Waals surface area contributed by atoms with Crippen molar-refractivity contribution >= 4 is 5.91 Å². The highest BCUT2D eigenvalue weighted by Crippen LogP contribution is 2.22. The average molecular weight is 848 g/mol. The fourth-order valence-corrected chi connectivity index (χ4v) is 7.63. The molecule has 1 aliphatic rings. The molecule has 1 aliphatic heterocycles. The molecule has 1 amide bonds. The van der Waals surface area contributed by atoms with Crippen LogP contribution in [0.15, 0.2) is 48.6 Å². The van der Waals surface area contributed by atoms with Crippen LogP contribution in [0.5, 0.6) is 0 Å². The largest absolute Gasteiger partial charge is 0.394 e. The molecule has 0 aliphatic carbocycles. The molecule has 0 bridgehead atoms. The monoisotopic (exact) mass is 848 g/mol. The third kappa shape index (κ3) is 31.1. The number of unbranched alkanes of at least 4 members (excludes halogenated alkanes) is 25. The van der Waals surface area contributed by atoms with Gasteiger partial charge in [-0.1, -0.05) is 204 Å². The zero-order valence-corrected chi connectivity index (χ0v) is 38.5. The van der Waals surface area contributed by atoms with Gasteiger partial charge in [0.05, 0.1) is 25.4 Å². The highest BCUT2D eigenvalue weighted by atomic mass is 16.7. The van der Waals surface area contributed by atoms with Gasteiger partial charge in [0, 0.05) is 6.42 Å². The van der Waals surface area contributed by atoms with E-state index < -0.39 is 49.5 Å². The third-order valence-corrected chi connectivity index (χ3v) is 11.6. The fourth-order valence-electron chi connectivity index (χ4n) is 7.63. The topological polar surface area (TPSA) is 149 Å². The minimum Gasteiger partial charge on any atom is -0.394 e. The maximum Gasteiger partial charge on any atom is 0.220 e. The Morgan fingerprint density at radius 1 is 0.567 bits per heavy atom. The lowest BCUT2D eigenvalue weighted by Gasteiger charge is -2.40. The van der Waals surface area contributed by atoms with Gasteiger partial charge < -0.3 is 40.3 Å². The average Bonchev–Trinajstić information content (AvgIpc) is 3.25. The lowest BCUT2D eigenvalue weighted by Crippen LogP contribution is -2.60. The van der Waals surface area contributed by atoms with Crippen molar-refractivity contribution in [2.24, 2.45) is 0 Å². The van der Waals surface area contributed by atoms with Crippen LogP contribution in [0, 0.1) is 0 Å². The van der Waals surface area contributed by atoms with Gasteiger partial charge in [0.25, 0.3) is 0 Å². The molecule has 0 aromatic carbocycles. The van der Waals surface area contributed by atoms with Crippen molar-refractivity contribution < 1.29 is 39.8 Å². The van der Waals surface area contributed by atoms with E-state index in [1.54, 1.807) is 6.08 Å². The number of carbonyl (C=O) groups is 1. The van der Waals surface area contributed by atoms with E-state index in [1.165, 1.54) is 154 Å². The Kier molecular flexibility index (Phi) is 38.5. The van der Waals surface area contributed by atoms with Gasteiger partial charge in [0.1, 0.15) is 24.4 Å². The summed E-state index contributed by atoms with van der Waals surface area (Å²) >= 11 is 0. The first-order valence-corrected chi connectivity index (χ1v) is 24.9.